The van der Waals surface area contributed by atoms with Gasteiger partial charge in [-0.3, -0.25) is 4.98 Å². The van der Waals surface area contributed by atoms with E-state index in [0.717, 1.165) is 30.9 Å². The van der Waals surface area contributed by atoms with Crippen molar-refractivity contribution < 1.29 is 0 Å². The van der Waals surface area contributed by atoms with Gasteiger partial charge in [0.25, 0.3) is 0 Å². The molecule has 1 aromatic heterocycles. The van der Waals surface area contributed by atoms with Crippen LogP contribution >= 0.6 is 0 Å². The molecule has 0 aliphatic carbocycles. The Hall–Kier alpha value is -2.03. The van der Waals surface area contributed by atoms with Crippen LogP contribution in [-0.2, 0) is 6.42 Å². The number of hydrogen-bond acceptors (Lipinski definition) is 3. The summed E-state index contributed by atoms with van der Waals surface area (Å²) in [5.41, 5.74) is 8.77. The zero-order chi connectivity index (χ0) is 14.2. The Bertz CT molecular complexity index is 493. The highest BCUT2D eigenvalue weighted by Crippen LogP contribution is 2.15. The third-order valence-electron chi connectivity index (χ3n) is 3.39. The fourth-order valence-corrected chi connectivity index (χ4v) is 2.19. The summed E-state index contributed by atoms with van der Waals surface area (Å²) >= 11 is 0. The van der Waals surface area contributed by atoms with Crippen molar-refractivity contribution in [3.05, 3.63) is 54.4 Å². The molecule has 0 aliphatic heterocycles. The Morgan fingerprint density at radius 2 is 1.85 bits per heavy atom. The predicted octanol–water partition coefficient (Wildman–Crippen LogP) is 3.51. The second-order valence-corrected chi connectivity index (χ2v) is 5.01. The summed E-state index contributed by atoms with van der Waals surface area (Å²) in [5, 5.41) is 0. The first kappa shape index (κ1) is 14.4. The molecule has 0 radical (unpaired) electrons. The molecule has 0 saturated carbocycles. The lowest BCUT2D eigenvalue weighted by molar-refractivity contribution is 0.707. The smallest absolute Gasteiger partial charge is 0.0501 e. The fraction of sp³-hybridized carbons (Fsp3) is 0.353. The van der Waals surface area contributed by atoms with Crippen molar-refractivity contribution >= 4 is 11.4 Å². The van der Waals surface area contributed by atoms with Gasteiger partial charge in [-0.15, -0.1) is 0 Å². The number of pyridine rings is 1. The van der Waals surface area contributed by atoms with Crippen LogP contribution in [0.15, 0.2) is 48.7 Å². The first-order chi connectivity index (χ1) is 9.79. The molecule has 0 bridgehead atoms. The van der Waals surface area contributed by atoms with Gasteiger partial charge < -0.3 is 10.6 Å². The first-order valence-electron chi connectivity index (χ1n) is 7.30. The molecule has 0 spiro atoms. The highest BCUT2D eigenvalue weighted by Gasteiger charge is 2.06. The van der Waals surface area contributed by atoms with Gasteiger partial charge in [-0.1, -0.05) is 31.5 Å². The molecule has 3 nitrogen and oxygen atoms in total. The van der Waals surface area contributed by atoms with E-state index in [1.165, 1.54) is 18.5 Å². The van der Waals surface area contributed by atoms with Crippen molar-refractivity contribution in [3.63, 3.8) is 0 Å². The quantitative estimate of drug-likeness (QED) is 0.836. The zero-order valence-electron chi connectivity index (χ0n) is 12.1. The van der Waals surface area contributed by atoms with Gasteiger partial charge in [0.05, 0.1) is 11.9 Å². The molecule has 2 rings (SSSR count). The Morgan fingerprint density at radius 3 is 2.50 bits per heavy atom. The lowest BCUT2D eigenvalue weighted by Gasteiger charge is -2.24. The maximum atomic E-state index is 5.67. The van der Waals surface area contributed by atoms with Gasteiger partial charge in [-0.25, -0.2) is 0 Å². The van der Waals surface area contributed by atoms with E-state index in [0.29, 0.717) is 0 Å². The highest BCUT2D eigenvalue weighted by molar-refractivity contribution is 5.46. The Balaban J connectivity index is 1.99. The van der Waals surface area contributed by atoms with E-state index in [1.807, 2.05) is 12.1 Å². The molecule has 3 heteroatoms. The van der Waals surface area contributed by atoms with E-state index in [-0.39, 0.29) is 0 Å². The fourth-order valence-electron chi connectivity index (χ4n) is 2.19. The van der Waals surface area contributed by atoms with Crippen molar-refractivity contribution in [3.8, 4) is 0 Å². The van der Waals surface area contributed by atoms with Crippen LogP contribution in [0, 0.1) is 0 Å². The molecular weight excluding hydrogens is 246 g/mol. The SMILES string of the molecule is CCCCN(CCc1ccc(N)cn1)c1ccccc1. The van der Waals surface area contributed by atoms with E-state index in [2.05, 4.69) is 47.1 Å². The van der Waals surface area contributed by atoms with Crippen LogP contribution in [0.25, 0.3) is 0 Å². The molecule has 0 aliphatic rings. The molecule has 0 unspecified atom stereocenters. The van der Waals surface area contributed by atoms with Crippen LogP contribution in [0.4, 0.5) is 11.4 Å². The summed E-state index contributed by atoms with van der Waals surface area (Å²) in [5.74, 6) is 0. The minimum Gasteiger partial charge on any atom is -0.397 e. The number of anilines is 2. The molecular formula is C17H23N3. The number of benzene rings is 1. The summed E-state index contributed by atoms with van der Waals surface area (Å²) in [6.07, 6.45) is 5.10. The van der Waals surface area contributed by atoms with Crippen LogP contribution in [0.3, 0.4) is 0 Å². The third-order valence-corrected chi connectivity index (χ3v) is 3.39. The first-order valence-corrected chi connectivity index (χ1v) is 7.30. The standard InChI is InChI=1S/C17H23N3/c1-2-3-12-20(17-7-5-4-6-8-17)13-11-16-10-9-15(18)14-19-16/h4-10,14H,2-3,11-13,18H2,1H3. The average Bonchev–Trinajstić information content (AvgIpc) is 2.50. The number of para-hydroxylation sites is 1. The minimum absolute atomic E-state index is 0.722. The topological polar surface area (TPSA) is 42.1 Å². The van der Waals surface area contributed by atoms with Gasteiger partial charge in [-0.05, 0) is 30.7 Å². The number of nitrogen functional groups attached to an aromatic ring is 1. The summed E-state index contributed by atoms with van der Waals surface area (Å²) < 4.78 is 0. The molecule has 106 valence electrons. The Labute approximate surface area is 121 Å². The molecule has 0 atom stereocenters. The van der Waals surface area contributed by atoms with Crippen molar-refractivity contribution in [2.75, 3.05) is 23.7 Å². The predicted molar refractivity (Wildman–Crippen MR) is 85.9 cm³/mol. The van der Waals surface area contributed by atoms with E-state index in [1.54, 1.807) is 6.20 Å². The van der Waals surface area contributed by atoms with Crippen molar-refractivity contribution in [2.24, 2.45) is 0 Å². The maximum absolute atomic E-state index is 5.67. The molecule has 20 heavy (non-hydrogen) atoms. The summed E-state index contributed by atoms with van der Waals surface area (Å²) in [6.45, 7) is 4.31. The van der Waals surface area contributed by atoms with Crippen molar-refractivity contribution in [1.82, 2.24) is 4.98 Å². The second-order valence-electron chi connectivity index (χ2n) is 5.01. The van der Waals surface area contributed by atoms with Crippen LogP contribution in [0.5, 0.6) is 0 Å². The Kier molecular flexibility index (Phi) is 5.42. The number of rotatable bonds is 7. The third kappa shape index (κ3) is 4.26. The van der Waals surface area contributed by atoms with Crippen LogP contribution in [-0.4, -0.2) is 18.1 Å². The van der Waals surface area contributed by atoms with Crippen LogP contribution in [0.1, 0.15) is 25.5 Å². The maximum Gasteiger partial charge on any atom is 0.0501 e. The number of nitrogens with two attached hydrogens (primary N) is 1. The van der Waals surface area contributed by atoms with E-state index in [4.69, 9.17) is 5.73 Å². The largest absolute Gasteiger partial charge is 0.397 e. The number of unbranched alkanes of at least 4 members (excludes halogenated alkanes) is 1. The Morgan fingerprint density at radius 1 is 1.05 bits per heavy atom. The van der Waals surface area contributed by atoms with Gasteiger partial charge in [0.2, 0.25) is 0 Å². The van der Waals surface area contributed by atoms with E-state index < -0.39 is 0 Å². The van der Waals surface area contributed by atoms with E-state index in [9.17, 15) is 0 Å². The van der Waals surface area contributed by atoms with Gasteiger partial charge in [0.15, 0.2) is 0 Å². The van der Waals surface area contributed by atoms with Gasteiger partial charge in [0, 0.05) is 30.9 Å². The van der Waals surface area contributed by atoms with Gasteiger partial charge in [0.1, 0.15) is 0 Å². The number of nitrogens with zero attached hydrogens (tertiary/aromatic N) is 2. The normalized spacial score (nSPS) is 10.4. The van der Waals surface area contributed by atoms with Crippen LogP contribution in [0.2, 0.25) is 0 Å². The van der Waals surface area contributed by atoms with Crippen LogP contribution < -0.4 is 10.6 Å². The summed E-state index contributed by atoms with van der Waals surface area (Å²) in [7, 11) is 0. The molecule has 2 aromatic rings. The van der Waals surface area contributed by atoms with Crippen molar-refractivity contribution in [1.29, 1.82) is 0 Å². The summed E-state index contributed by atoms with van der Waals surface area (Å²) in [4.78, 5) is 6.80. The molecule has 0 fully saturated rings. The minimum atomic E-state index is 0.722. The average molecular weight is 269 g/mol. The highest BCUT2D eigenvalue weighted by atomic mass is 15.1. The number of hydrogen-bond donors (Lipinski definition) is 1. The molecule has 1 aromatic carbocycles. The molecule has 0 amide bonds. The van der Waals surface area contributed by atoms with Gasteiger partial charge >= 0.3 is 0 Å². The number of aromatic nitrogens is 1. The monoisotopic (exact) mass is 269 g/mol. The van der Waals surface area contributed by atoms with E-state index >= 15 is 0 Å². The van der Waals surface area contributed by atoms with Gasteiger partial charge in [-0.2, -0.15) is 0 Å². The lowest BCUT2D eigenvalue weighted by atomic mass is 10.2. The zero-order valence-corrected chi connectivity index (χ0v) is 12.1. The lowest BCUT2D eigenvalue weighted by Crippen LogP contribution is -2.27. The molecule has 0 saturated heterocycles. The molecule has 2 N–H and O–H groups in total. The summed E-state index contributed by atoms with van der Waals surface area (Å²) in [6, 6.07) is 14.5. The molecule has 1 heterocycles. The van der Waals surface area contributed by atoms with Crippen molar-refractivity contribution in [2.45, 2.75) is 26.2 Å². The second kappa shape index (κ2) is 7.53.